The first kappa shape index (κ1) is 22.3. The smallest absolute Gasteiger partial charge is 0.342 e. The first-order chi connectivity index (χ1) is 14.4. The predicted molar refractivity (Wildman–Crippen MR) is 112 cm³/mol. The maximum Gasteiger partial charge on any atom is 0.342 e. The van der Waals surface area contributed by atoms with Crippen molar-refractivity contribution >= 4 is 11.9 Å². The molecule has 0 amide bonds. The third kappa shape index (κ3) is 5.21. The lowest BCUT2D eigenvalue weighted by molar-refractivity contribution is -0.144. The molecule has 0 spiro atoms. The number of carbonyl (C=O) groups excluding carboxylic acids is 2. The van der Waals surface area contributed by atoms with Crippen LogP contribution in [0.5, 0.6) is 5.75 Å². The first-order valence-electron chi connectivity index (χ1n) is 10.5. The Hall–Kier alpha value is -2.38. The van der Waals surface area contributed by atoms with Gasteiger partial charge in [-0.2, -0.15) is 0 Å². The highest BCUT2D eigenvalue weighted by Gasteiger charge is 2.30. The van der Waals surface area contributed by atoms with Crippen LogP contribution < -0.4 is 0 Å². The number of nitrogens with zero attached hydrogens (tertiary/aromatic N) is 1. The number of morpholine rings is 1. The molecule has 0 radical (unpaired) electrons. The normalized spacial score (nSPS) is 17.0. The third-order valence-corrected chi connectivity index (χ3v) is 6.00. The number of hydrogen-bond donors (Lipinski definition) is 1. The molecule has 0 atom stereocenters. The number of fused-ring (bicyclic) bond motifs is 1. The van der Waals surface area contributed by atoms with E-state index in [1.54, 1.807) is 0 Å². The topological polar surface area (TPSA) is 85.3 Å². The number of benzene rings is 1. The number of rotatable bonds is 8. The minimum atomic E-state index is -0.465. The molecule has 1 fully saturated rings. The van der Waals surface area contributed by atoms with E-state index in [0.29, 0.717) is 31.4 Å². The standard InChI is InChI=1S/C23H31NO6/c1-15(5-7-20(25)29-13-10-24-8-11-28-12-9-24)4-6-18-16(2)17(3)19-14-30-23(27)21(19)22(18)26/h4,26H,5-14H2,1-3H3. The van der Waals surface area contributed by atoms with Crippen molar-refractivity contribution in [1.29, 1.82) is 0 Å². The average Bonchev–Trinajstić information content (AvgIpc) is 3.13. The summed E-state index contributed by atoms with van der Waals surface area (Å²) in [5.74, 6) is -0.652. The maximum absolute atomic E-state index is 12.0. The summed E-state index contributed by atoms with van der Waals surface area (Å²) in [6, 6.07) is 0. The lowest BCUT2D eigenvalue weighted by atomic mass is 9.91. The van der Waals surface area contributed by atoms with Crippen LogP contribution in [0.4, 0.5) is 0 Å². The van der Waals surface area contributed by atoms with E-state index < -0.39 is 5.97 Å². The molecular formula is C23H31NO6. The number of cyclic esters (lactones) is 1. The second-order valence-corrected chi connectivity index (χ2v) is 7.94. The molecule has 1 aromatic carbocycles. The molecule has 0 aliphatic carbocycles. The molecule has 7 nitrogen and oxygen atoms in total. The summed E-state index contributed by atoms with van der Waals surface area (Å²) in [6.07, 6.45) is 3.42. The molecule has 0 aromatic heterocycles. The number of esters is 2. The van der Waals surface area contributed by atoms with Gasteiger partial charge in [0.15, 0.2) is 0 Å². The van der Waals surface area contributed by atoms with Crippen molar-refractivity contribution in [3.05, 3.63) is 39.5 Å². The zero-order valence-electron chi connectivity index (χ0n) is 18.1. The van der Waals surface area contributed by atoms with E-state index in [-0.39, 0.29) is 18.3 Å². The lowest BCUT2D eigenvalue weighted by Gasteiger charge is -2.26. The fourth-order valence-corrected chi connectivity index (χ4v) is 3.83. The van der Waals surface area contributed by atoms with Crippen LogP contribution in [0.2, 0.25) is 0 Å². The summed E-state index contributed by atoms with van der Waals surface area (Å²) in [4.78, 5) is 26.2. The Morgan fingerprint density at radius 1 is 1.20 bits per heavy atom. The molecule has 0 saturated carbocycles. The molecule has 164 valence electrons. The Kier molecular flexibility index (Phi) is 7.50. The fourth-order valence-electron chi connectivity index (χ4n) is 3.83. The SMILES string of the molecule is CC(=CCc1c(C)c(C)c2c(c1O)C(=O)OC2)CCC(=O)OCCN1CCOCC1. The molecule has 2 aliphatic heterocycles. The van der Waals surface area contributed by atoms with E-state index in [9.17, 15) is 14.7 Å². The number of allylic oxidation sites excluding steroid dienone is 2. The van der Waals surface area contributed by atoms with Gasteiger partial charge in [-0.3, -0.25) is 9.69 Å². The summed E-state index contributed by atoms with van der Waals surface area (Å²) < 4.78 is 15.7. The first-order valence-corrected chi connectivity index (χ1v) is 10.5. The second-order valence-electron chi connectivity index (χ2n) is 7.94. The number of carbonyl (C=O) groups is 2. The van der Waals surface area contributed by atoms with Gasteiger partial charge >= 0.3 is 11.9 Å². The van der Waals surface area contributed by atoms with Crippen LogP contribution in [0.1, 0.15) is 52.4 Å². The Morgan fingerprint density at radius 3 is 2.67 bits per heavy atom. The van der Waals surface area contributed by atoms with Crippen molar-refractivity contribution in [3.63, 3.8) is 0 Å². The summed E-state index contributed by atoms with van der Waals surface area (Å²) in [5, 5.41) is 10.6. The Balaban J connectivity index is 1.49. The number of phenolic OH excluding ortho intramolecular Hbond substituents is 1. The quantitative estimate of drug-likeness (QED) is 0.514. The van der Waals surface area contributed by atoms with Gasteiger partial charge in [-0.25, -0.2) is 4.79 Å². The molecule has 3 rings (SSSR count). The van der Waals surface area contributed by atoms with Gasteiger partial charge in [-0.05, 0) is 44.7 Å². The van der Waals surface area contributed by atoms with Crippen molar-refractivity contribution in [1.82, 2.24) is 4.90 Å². The molecule has 0 bridgehead atoms. The van der Waals surface area contributed by atoms with E-state index in [2.05, 4.69) is 4.90 Å². The van der Waals surface area contributed by atoms with Crippen LogP contribution >= 0.6 is 0 Å². The molecule has 1 N–H and O–H groups in total. The molecule has 2 heterocycles. The van der Waals surface area contributed by atoms with Gasteiger partial charge < -0.3 is 19.3 Å². The van der Waals surface area contributed by atoms with E-state index >= 15 is 0 Å². The van der Waals surface area contributed by atoms with Gasteiger partial charge in [-0.1, -0.05) is 11.6 Å². The van der Waals surface area contributed by atoms with Gasteiger partial charge in [0.2, 0.25) is 0 Å². The van der Waals surface area contributed by atoms with Crippen LogP contribution in [0.3, 0.4) is 0 Å². The largest absolute Gasteiger partial charge is 0.507 e. The summed E-state index contributed by atoms with van der Waals surface area (Å²) in [5.41, 5.74) is 4.80. The highest BCUT2D eigenvalue weighted by molar-refractivity contribution is 5.97. The fraction of sp³-hybridized carbons (Fsp3) is 0.565. The average molecular weight is 418 g/mol. The minimum Gasteiger partial charge on any atom is -0.507 e. The molecule has 0 unspecified atom stereocenters. The van der Waals surface area contributed by atoms with Gasteiger partial charge in [-0.15, -0.1) is 0 Å². The van der Waals surface area contributed by atoms with Crippen LogP contribution in [-0.4, -0.2) is 61.4 Å². The van der Waals surface area contributed by atoms with Crippen molar-refractivity contribution in [2.75, 3.05) is 39.5 Å². The van der Waals surface area contributed by atoms with Crippen molar-refractivity contribution in [3.8, 4) is 5.75 Å². The van der Waals surface area contributed by atoms with E-state index in [1.165, 1.54) is 0 Å². The second kappa shape index (κ2) is 10.1. The summed E-state index contributed by atoms with van der Waals surface area (Å²) in [7, 11) is 0. The monoisotopic (exact) mass is 417 g/mol. The van der Waals surface area contributed by atoms with Gasteiger partial charge in [0.05, 0.1) is 13.2 Å². The van der Waals surface area contributed by atoms with Crippen molar-refractivity contribution in [2.24, 2.45) is 0 Å². The maximum atomic E-state index is 12.0. The molecular weight excluding hydrogens is 386 g/mol. The van der Waals surface area contributed by atoms with E-state index in [1.807, 2.05) is 26.8 Å². The number of ether oxygens (including phenoxy) is 3. The number of hydrogen-bond acceptors (Lipinski definition) is 7. The summed E-state index contributed by atoms with van der Waals surface area (Å²) >= 11 is 0. The zero-order valence-corrected chi connectivity index (χ0v) is 18.1. The van der Waals surface area contributed by atoms with Crippen molar-refractivity contribution < 1.29 is 28.9 Å². The third-order valence-electron chi connectivity index (χ3n) is 6.00. The zero-order chi connectivity index (χ0) is 21.7. The van der Waals surface area contributed by atoms with Crippen molar-refractivity contribution in [2.45, 2.75) is 46.6 Å². The molecule has 1 saturated heterocycles. The van der Waals surface area contributed by atoms with E-state index in [4.69, 9.17) is 14.2 Å². The van der Waals surface area contributed by atoms with Gasteiger partial charge in [0.25, 0.3) is 0 Å². The molecule has 2 aliphatic rings. The highest BCUT2D eigenvalue weighted by atomic mass is 16.5. The van der Waals surface area contributed by atoms with Gasteiger partial charge in [0.1, 0.15) is 24.5 Å². The number of aromatic hydroxyl groups is 1. The van der Waals surface area contributed by atoms with Crippen LogP contribution in [0.15, 0.2) is 11.6 Å². The van der Waals surface area contributed by atoms with E-state index in [0.717, 1.165) is 60.7 Å². The summed E-state index contributed by atoms with van der Waals surface area (Å²) in [6.45, 7) is 10.4. The Bertz CT molecular complexity index is 839. The molecule has 1 aromatic rings. The van der Waals surface area contributed by atoms with Crippen LogP contribution in [0.25, 0.3) is 0 Å². The molecule has 30 heavy (non-hydrogen) atoms. The Morgan fingerprint density at radius 2 is 1.93 bits per heavy atom. The highest BCUT2D eigenvalue weighted by Crippen LogP contribution is 2.37. The van der Waals surface area contributed by atoms with Crippen LogP contribution in [0, 0.1) is 13.8 Å². The van der Waals surface area contributed by atoms with Crippen LogP contribution in [-0.2, 0) is 32.0 Å². The minimum absolute atomic E-state index is 0.0159. The number of phenols is 1. The lowest BCUT2D eigenvalue weighted by Crippen LogP contribution is -2.38. The predicted octanol–water partition coefficient (Wildman–Crippen LogP) is 2.82. The van der Waals surface area contributed by atoms with Gasteiger partial charge in [0, 0.05) is 37.2 Å². The molecule has 7 heteroatoms. The Labute approximate surface area is 177 Å².